The van der Waals surface area contributed by atoms with Crippen LogP contribution in [0.3, 0.4) is 0 Å². The van der Waals surface area contributed by atoms with Crippen molar-refractivity contribution in [3.8, 4) is 0 Å². The summed E-state index contributed by atoms with van der Waals surface area (Å²) < 4.78 is 13.5. The highest BCUT2D eigenvalue weighted by atomic mass is 16.5. The second-order valence-electron chi connectivity index (χ2n) is 7.42. The molecule has 0 aromatic carbocycles. The molecule has 8 heteroatoms. The minimum atomic E-state index is 0.182. The number of hydrogen-bond acceptors (Lipinski definition) is 7. The number of ether oxygens (including phenoxy) is 2. The van der Waals surface area contributed by atoms with Crippen LogP contribution in [0.1, 0.15) is 25.6 Å². The van der Waals surface area contributed by atoms with Crippen molar-refractivity contribution in [1.29, 1.82) is 0 Å². The molecule has 1 atom stereocenters. The highest BCUT2D eigenvalue weighted by molar-refractivity contribution is 5.87. The summed E-state index contributed by atoms with van der Waals surface area (Å²) in [6.07, 6.45) is 5.00. The Morgan fingerprint density at radius 3 is 2.81 bits per heavy atom. The van der Waals surface area contributed by atoms with E-state index in [1.165, 1.54) is 0 Å². The standard InChI is InChI=1S/C19H30N6O2/c1-3-5-17-21-18-16(12-20-23(18)2)19(22-17)25-6-4-9-27-15(14-25)13-24-7-10-26-11-8-24/h12,15H,3-11,13-14H2,1-2H3. The van der Waals surface area contributed by atoms with Gasteiger partial charge in [-0.25, -0.2) is 9.97 Å². The van der Waals surface area contributed by atoms with Gasteiger partial charge in [0.1, 0.15) is 11.6 Å². The molecule has 0 bridgehead atoms. The fraction of sp³-hybridized carbons (Fsp3) is 0.737. The van der Waals surface area contributed by atoms with Gasteiger partial charge in [0.15, 0.2) is 5.65 Å². The molecule has 4 rings (SSSR count). The van der Waals surface area contributed by atoms with Crippen LogP contribution in [0, 0.1) is 0 Å². The first-order chi connectivity index (χ1) is 13.2. The van der Waals surface area contributed by atoms with Gasteiger partial charge >= 0.3 is 0 Å². The highest BCUT2D eigenvalue weighted by Gasteiger charge is 2.25. The van der Waals surface area contributed by atoms with E-state index in [9.17, 15) is 0 Å². The van der Waals surface area contributed by atoms with Crippen molar-refractivity contribution in [2.75, 3.05) is 57.4 Å². The zero-order valence-electron chi connectivity index (χ0n) is 16.4. The van der Waals surface area contributed by atoms with Crippen LogP contribution in [-0.4, -0.2) is 83.3 Å². The molecule has 0 amide bonds. The number of nitrogens with zero attached hydrogens (tertiary/aromatic N) is 6. The molecule has 2 aliphatic rings. The van der Waals surface area contributed by atoms with E-state index in [0.717, 1.165) is 94.5 Å². The van der Waals surface area contributed by atoms with Gasteiger partial charge in [-0.3, -0.25) is 9.58 Å². The quantitative estimate of drug-likeness (QED) is 0.780. The topological polar surface area (TPSA) is 68.5 Å². The molecule has 1 unspecified atom stereocenters. The third-order valence-corrected chi connectivity index (χ3v) is 5.31. The number of fused-ring (bicyclic) bond motifs is 1. The molecule has 2 saturated heterocycles. The van der Waals surface area contributed by atoms with Crippen LogP contribution in [0.5, 0.6) is 0 Å². The number of aromatic nitrogens is 4. The van der Waals surface area contributed by atoms with Crippen molar-refractivity contribution >= 4 is 16.9 Å². The summed E-state index contributed by atoms with van der Waals surface area (Å²) >= 11 is 0. The summed E-state index contributed by atoms with van der Waals surface area (Å²) in [7, 11) is 1.95. The summed E-state index contributed by atoms with van der Waals surface area (Å²) in [4.78, 5) is 14.5. The molecule has 0 spiro atoms. The fourth-order valence-electron chi connectivity index (χ4n) is 3.90. The number of rotatable bonds is 5. The van der Waals surface area contributed by atoms with Gasteiger partial charge in [-0.05, 0) is 12.8 Å². The number of hydrogen-bond donors (Lipinski definition) is 0. The van der Waals surface area contributed by atoms with Gasteiger partial charge < -0.3 is 14.4 Å². The smallest absolute Gasteiger partial charge is 0.163 e. The average Bonchev–Trinajstić information content (AvgIpc) is 2.90. The van der Waals surface area contributed by atoms with Crippen LogP contribution < -0.4 is 4.90 Å². The minimum absolute atomic E-state index is 0.182. The highest BCUT2D eigenvalue weighted by Crippen LogP contribution is 2.26. The van der Waals surface area contributed by atoms with Crippen LogP contribution in [0.15, 0.2) is 6.20 Å². The van der Waals surface area contributed by atoms with Crippen molar-refractivity contribution in [2.45, 2.75) is 32.3 Å². The van der Waals surface area contributed by atoms with Gasteiger partial charge in [0.2, 0.25) is 0 Å². The SMILES string of the molecule is CCCc1nc(N2CCCOC(CN3CCOCC3)C2)c2cnn(C)c2n1. The molecule has 0 aliphatic carbocycles. The molecule has 0 radical (unpaired) electrons. The van der Waals surface area contributed by atoms with Gasteiger partial charge in [-0.1, -0.05) is 6.92 Å². The second kappa shape index (κ2) is 8.50. The number of aryl methyl sites for hydroxylation is 2. The van der Waals surface area contributed by atoms with Crippen LogP contribution in [-0.2, 0) is 22.9 Å². The number of morpholine rings is 1. The minimum Gasteiger partial charge on any atom is -0.379 e. The van der Waals surface area contributed by atoms with E-state index in [4.69, 9.17) is 19.4 Å². The van der Waals surface area contributed by atoms with E-state index in [-0.39, 0.29) is 6.10 Å². The Kier molecular flexibility index (Phi) is 5.85. The van der Waals surface area contributed by atoms with E-state index < -0.39 is 0 Å². The molecular weight excluding hydrogens is 344 g/mol. The van der Waals surface area contributed by atoms with E-state index in [1.807, 2.05) is 17.9 Å². The van der Waals surface area contributed by atoms with Crippen molar-refractivity contribution in [2.24, 2.45) is 7.05 Å². The van der Waals surface area contributed by atoms with Gasteiger partial charge in [-0.2, -0.15) is 5.10 Å². The molecule has 2 fully saturated rings. The first-order valence-electron chi connectivity index (χ1n) is 10.1. The van der Waals surface area contributed by atoms with Crippen LogP contribution in [0.4, 0.5) is 5.82 Å². The molecule has 27 heavy (non-hydrogen) atoms. The average molecular weight is 374 g/mol. The Labute approximate surface area is 160 Å². The molecule has 4 heterocycles. The van der Waals surface area contributed by atoms with Crippen molar-refractivity contribution in [1.82, 2.24) is 24.6 Å². The molecule has 0 saturated carbocycles. The first kappa shape index (κ1) is 18.6. The van der Waals surface area contributed by atoms with Crippen molar-refractivity contribution in [3.05, 3.63) is 12.0 Å². The Bertz CT molecular complexity index is 758. The van der Waals surface area contributed by atoms with Crippen LogP contribution in [0.2, 0.25) is 0 Å². The predicted molar refractivity (Wildman–Crippen MR) is 104 cm³/mol. The van der Waals surface area contributed by atoms with Gasteiger partial charge in [0.25, 0.3) is 0 Å². The summed E-state index contributed by atoms with van der Waals surface area (Å²) in [5, 5.41) is 5.45. The molecule has 8 nitrogen and oxygen atoms in total. The lowest BCUT2D eigenvalue weighted by Crippen LogP contribution is -2.45. The molecule has 2 aliphatic heterocycles. The Hall–Kier alpha value is -1.77. The number of anilines is 1. The fourth-order valence-corrected chi connectivity index (χ4v) is 3.90. The van der Waals surface area contributed by atoms with Gasteiger partial charge in [0, 0.05) is 52.8 Å². The first-order valence-corrected chi connectivity index (χ1v) is 10.1. The van der Waals surface area contributed by atoms with E-state index in [0.29, 0.717) is 0 Å². The van der Waals surface area contributed by atoms with E-state index >= 15 is 0 Å². The largest absolute Gasteiger partial charge is 0.379 e. The van der Waals surface area contributed by atoms with E-state index in [2.05, 4.69) is 21.8 Å². The van der Waals surface area contributed by atoms with Crippen molar-refractivity contribution < 1.29 is 9.47 Å². The lowest BCUT2D eigenvalue weighted by atomic mass is 10.2. The molecule has 2 aromatic rings. The van der Waals surface area contributed by atoms with Crippen LogP contribution in [0.25, 0.3) is 11.0 Å². The Balaban J connectivity index is 1.58. The van der Waals surface area contributed by atoms with Gasteiger partial charge in [-0.15, -0.1) is 0 Å². The molecule has 0 N–H and O–H groups in total. The maximum absolute atomic E-state index is 6.16. The molecule has 2 aromatic heterocycles. The van der Waals surface area contributed by atoms with Crippen LogP contribution >= 0.6 is 0 Å². The second-order valence-corrected chi connectivity index (χ2v) is 7.42. The predicted octanol–water partition coefficient (Wildman–Crippen LogP) is 1.24. The zero-order chi connectivity index (χ0) is 18.6. The summed E-state index contributed by atoms with van der Waals surface area (Å²) in [6.45, 7) is 9.32. The molecule has 148 valence electrons. The lowest BCUT2D eigenvalue weighted by molar-refractivity contribution is -0.00508. The maximum Gasteiger partial charge on any atom is 0.163 e. The third kappa shape index (κ3) is 4.23. The Morgan fingerprint density at radius 2 is 2.00 bits per heavy atom. The van der Waals surface area contributed by atoms with Crippen molar-refractivity contribution in [3.63, 3.8) is 0 Å². The summed E-state index contributed by atoms with van der Waals surface area (Å²) in [5.41, 5.74) is 0.915. The lowest BCUT2D eigenvalue weighted by Gasteiger charge is -2.32. The van der Waals surface area contributed by atoms with Gasteiger partial charge in [0.05, 0.1) is 30.9 Å². The summed E-state index contributed by atoms with van der Waals surface area (Å²) in [5.74, 6) is 1.91. The third-order valence-electron chi connectivity index (χ3n) is 5.31. The molecular formula is C19H30N6O2. The monoisotopic (exact) mass is 374 g/mol. The normalized spacial score (nSPS) is 22.3. The maximum atomic E-state index is 6.16. The zero-order valence-corrected chi connectivity index (χ0v) is 16.4. The summed E-state index contributed by atoms with van der Waals surface area (Å²) in [6, 6.07) is 0. The Morgan fingerprint density at radius 1 is 1.15 bits per heavy atom. The van der Waals surface area contributed by atoms with E-state index in [1.54, 1.807) is 0 Å².